The van der Waals surface area contributed by atoms with Gasteiger partial charge in [0.2, 0.25) is 5.78 Å². The molecule has 1 aromatic heterocycles. The summed E-state index contributed by atoms with van der Waals surface area (Å²) in [5.41, 5.74) is 2.52. The Bertz CT molecular complexity index is 1290. The van der Waals surface area contributed by atoms with Gasteiger partial charge < -0.3 is 14.5 Å². The Hall–Kier alpha value is -3.57. The van der Waals surface area contributed by atoms with Gasteiger partial charge in [-0.1, -0.05) is 41.9 Å². The van der Waals surface area contributed by atoms with Gasteiger partial charge in [0, 0.05) is 16.5 Å². The number of rotatable bonds is 6. The second kappa shape index (κ2) is 8.66. The molecule has 0 radical (unpaired) electrons. The first-order valence-corrected chi connectivity index (χ1v) is 10.2. The molecule has 4 aromatic rings. The van der Waals surface area contributed by atoms with Gasteiger partial charge in [0.05, 0.1) is 17.3 Å². The van der Waals surface area contributed by atoms with Crippen LogP contribution < -0.4 is 10.1 Å². The molecule has 6 heteroatoms. The SMILES string of the molecule is CCOc1ccc(C(=O)c2oc3ccccc3c2NC(=O)c2ccccc2C)cc1Cl. The van der Waals surface area contributed by atoms with Gasteiger partial charge in [-0.3, -0.25) is 9.59 Å². The number of ketones is 1. The first-order chi connectivity index (χ1) is 15.0. The minimum Gasteiger partial charge on any atom is -0.492 e. The second-order valence-electron chi connectivity index (χ2n) is 6.98. The molecule has 0 bridgehead atoms. The van der Waals surface area contributed by atoms with E-state index in [1.165, 1.54) is 6.07 Å². The lowest BCUT2D eigenvalue weighted by atomic mass is 10.1. The molecule has 0 spiro atoms. The fourth-order valence-corrected chi connectivity index (χ4v) is 3.62. The highest BCUT2D eigenvalue weighted by atomic mass is 35.5. The Balaban J connectivity index is 1.76. The molecule has 1 amide bonds. The lowest BCUT2D eigenvalue weighted by Gasteiger charge is -2.09. The highest BCUT2D eigenvalue weighted by molar-refractivity contribution is 6.32. The first-order valence-electron chi connectivity index (χ1n) is 9.85. The van der Waals surface area contributed by atoms with Gasteiger partial charge in [0.1, 0.15) is 11.3 Å². The fraction of sp³-hybridized carbons (Fsp3) is 0.120. The second-order valence-corrected chi connectivity index (χ2v) is 7.39. The minimum atomic E-state index is -0.388. The minimum absolute atomic E-state index is 0.0448. The Labute approximate surface area is 184 Å². The van der Waals surface area contributed by atoms with E-state index < -0.39 is 0 Å². The van der Waals surface area contributed by atoms with Gasteiger partial charge in [0.15, 0.2) is 5.76 Å². The smallest absolute Gasteiger partial charge is 0.256 e. The summed E-state index contributed by atoms with van der Waals surface area (Å²) in [6.07, 6.45) is 0. The maximum absolute atomic E-state index is 13.3. The lowest BCUT2D eigenvalue weighted by molar-refractivity contribution is 0.101. The number of halogens is 1. The summed E-state index contributed by atoms with van der Waals surface area (Å²) in [5.74, 6) is -0.161. The zero-order chi connectivity index (χ0) is 22.0. The number of carbonyl (C=O) groups excluding carboxylic acids is 2. The van der Waals surface area contributed by atoms with Crippen LogP contribution in [-0.2, 0) is 0 Å². The highest BCUT2D eigenvalue weighted by Crippen LogP contribution is 2.34. The molecule has 1 N–H and O–H groups in total. The molecule has 0 unspecified atom stereocenters. The normalized spacial score (nSPS) is 10.8. The van der Waals surface area contributed by atoms with E-state index in [1.54, 1.807) is 42.5 Å². The van der Waals surface area contributed by atoms with E-state index in [9.17, 15) is 9.59 Å². The van der Waals surface area contributed by atoms with E-state index in [0.29, 0.717) is 45.2 Å². The molecule has 3 aromatic carbocycles. The zero-order valence-corrected chi connectivity index (χ0v) is 17.8. The van der Waals surface area contributed by atoms with Crippen LogP contribution in [-0.4, -0.2) is 18.3 Å². The average Bonchev–Trinajstić information content (AvgIpc) is 3.13. The van der Waals surface area contributed by atoms with Crippen molar-refractivity contribution >= 4 is 39.9 Å². The number of hydrogen-bond acceptors (Lipinski definition) is 4. The van der Waals surface area contributed by atoms with Gasteiger partial charge in [0.25, 0.3) is 5.91 Å². The van der Waals surface area contributed by atoms with Crippen LogP contribution in [0.3, 0.4) is 0 Å². The molecule has 0 aliphatic carbocycles. The van der Waals surface area contributed by atoms with Crippen molar-refractivity contribution in [2.24, 2.45) is 0 Å². The highest BCUT2D eigenvalue weighted by Gasteiger charge is 2.24. The number of furan rings is 1. The van der Waals surface area contributed by atoms with Crippen molar-refractivity contribution in [2.75, 3.05) is 11.9 Å². The van der Waals surface area contributed by atoms with Gasteiger partial charge in [-0.15, -0.1) is 0 Å². The van der Waals surface area contributed by atoms with Crippen LogP contribution in [0.1, 0.15) is 39.0 Å². The number of carbonyl (C=O) groups is 2. The van der Waals surface area contributed by atoms with Crippen LogP contribution in [0.15, 0.2) is 71.1 Å². The quantitative estimate of drug-likeness (QED) is 0.363. The maximum Gasteiger partial charge on any atom is 0.256 e. The third-order valence-corrected chi connectivity index (χ3v) is 5.22. The van der Waals surface area contributed by atoms with Crippen molar-refractivity contribution in [2.45, 2.75) is 13.8 Å². The van der Waals surface area contributed by atoms with Gasteiger partial charge in [-0.05, 0) is 55.8 Å². The lowest BCUT2D eigenvalue weighted by Crippen LogP contribution is -2.15. The number of anilines is 1. The summed E-state index contributed by atoms with van der Waals surface area (Å²) in [6, 6.07) is 19.2. The summed E-state index contributed by atoms with van der Waals surface area (Å²) in [7, 11) is 0. The van der Waals surface area contributed by atoms with Crippen molar-refractivity contribution in [1.82, 2.24) is 0 Å². The largest absolute Gasteiger partial charge is 0.492 e. The van der Waals surface area contributed by atoms with Crippen molar-refractivity contribution < 1.29 is 18.7 Å². The summed E-state index contributed by atoms with van der Waals surface area (Å²) in [5, 5.41) is 3.85. The predicted octanol–water partition coefficient (Wildman–Crippen LogP) is 6.28. The van der Waals surface area contributed by atoms with Gasteiger partial charge in [-0.2, -0.15) is 0 Å². The summed E-state index contributed by atoms with van der Waals surface area (Å²) >= 11 is 6.26. The number of ether oxygens (including phenoxy) is 1. The fourth-order valence-electron chi connectivity index (χ4n) is 3.38. The van der Waals surface area contributed by atoms with E-state index >= 15 is 0 Å². The van der Waals surface area contributed by atoms with Crippen molar-refractivity contribution in [1.29, 1.82) is 0 Å². The van der Waals surface area contributed by atoms with E-state index in [-0.39, 0.29) is 17.5 Å². The van der Waals surface area contributed by atoms with Gasteiger partial charge in [-0.25, -0.2) is 0 Å². The van der Waals surface area contributed by atoms with Crippen molar-refractivity contribution in [3.8, 4) is 5.75 Å². The first kappa shape index (κ1) is 20.7. The molecule has 156 valence electrons. The number of hydrogen-bond donors (Lipinski definition) is 1. The monoisotopic (exact) mass is 433 g/mol. The molecule has 0 saturated heterocycles. The zero-order valence-electron chi connectivity index (χ0n) is 17.1. The Morgan fingerprint density at radius 2 is 1.77 bits per heavy atom. The average molecular weight is 434 g/mol. The molecule has 31 heavy (non-hydrogen) atoms. The standard InChI is InChI=1S/C25H20ClNO4/c1-3-30-21-13-12-16(14-19(21)26)23(28)24-22(18-10-6-7-11-20(18)31-24)27-25(29)17-9-5-4-8-15(17)2/h4-14H,3H2,1-2H3,(H,27,29). The molecular formula is C25H20ClNO4. The molecule has 0 fully saturated rings. The summed E-state index contributed by atoms with van der Waals surface area (Å²) in [4.78, 5) is 26.3. The number of fused-ring (bicyclic) bond motifs is 1. The Kier molecular flexibility index (Phi) is 5.78. The van der Waals surface area contributed by atoms with E-state index in [1.807, 2.05) is 32.0 Å². The molecule has 0 aliphatic heterocycles. The molecular weight excluding hydrogens is 414 g/mol. The summed E-state index contributed by atoms with van der Waals surface area (Å²) in [6.45, 7) is 4.18. The topological polar surface area (TPSA) is 68.5 Å². The van der Waals surface area contributed by atoms with Gasteiger partial charge >= 0.3 is 0 Å². The number of amides is 1. The van der Waals surface area contributed by atoms with E-state index in [4.69, 9.17) is 20.8 Å². The van der Waals surface area contributed by atoms with Crippen LogP contribution in [0.4, 0.5) is 5.69 Å². The Morgan fingerprint density at radius 1 is 1.03 bits per heavy atom. The van der Waals surface area contributed by atoms with Crippen LogP contribution in [0, 0.1) is 6.92 Å². The third-order valence-electron chi connectivity index (χ3n) is 4.92. The molecule has 0 saturated carbocycles. The molecule has 4 rings (SSSR count). The van der Waals surface area contributed by atoms with Crippen LogP contribution >= 0.6 is 11.6 Å². The molecule has 5 nitrogen and oxygen atoms in total. The number of aryl methyl sites for hydroxylation is 1. The van der Waals surface area contributed by atoms with Crippen molar-refractivity contribution in [3.63, 3.8) is 0 Å². The van der Waals surface area contributed by atoms with Crippen LogP contribution in [0.25, 0.3) is 11.0 Å². The molecule has 0 aliphatic rings. The molecule has 0 atom stereocenters. The maximum atomic E-state index is 13.3. The predicted molar refractivity (Wildman–Crippen MR) is 121 cm³/mol. The van der Waals surface area contributed by atoms with E-state index in [2.05, 4.69) is 5.32 Å². The third kappa shape index (κ3) is 4.05. The van der Waals surface area contributed by atoms with E-state index in [0.717, 1.165) is 5.56 Å². The van der Waals surface area contributed by atoms with Crippen molar-refractivity contribution in [3.05, 3.63) is 94.2 Å². The summed E-state index contributed by atoms with van der Waals surface area (Å²) < 4.78 is 11.3. The van der Waals surface area contributed by atoms with Crippen LogP contribution in [0.2, 0.25) is 5.02 Å². The number of benzene rings is 3. The Morgan fingerprint density at radius 3 is 2.52 bits per heavy atom. The van der Waals surface area contributed by atoms with Crippen LogP contribution in [0.5, 0.6) is 5.75 Å². The number of nitrogens with one attached hydrogen (secondary N) is 1. The molecule has 1 heterocycles. The number of para-hydroxylation sites is 1.